The van der Waals surface area contributed by atoms with Gasteiger partial charge in [-0.15, -0.1) is 0 Å². The third kappa shape index (κ3) is 1.55. The van der Waals surface area contributed by atoms with Crippen LogP contribution < -0.4 is 4.90 Å². The molecule has 1 aromatic rings. The summed E-state index contributed by atoms with van der Waals surface area (Å²) in [6.07, 6.45) is 3.71. The van der Waals surface area contributed by atoms with Crippen LogP contribution in [0.3, 0.4) is 0 Å². The van der Waals surface area contributed by atoms with Crippen molar-refractivity contribution in [3.63, 3.8) is 0 Å². The highest BCUT2D eigenvalue weighted by atomic mass is 79.9. The Labute approximate surface area is 89.1 Å². The third-order valence-corrected chi connectivity index (χ3v) is 2.43. The van der Waals surface area contributed by atoms with E-state index in [9.17, 15) is 9.59 Å². The summed E-state index contributed by atoms with van der Waals surface area (Å²) in [7, 11) is 0. The fourth-order valence-electron chi connectivity index (χ4n) is 1.39. The van der Waals surface area contributed by atoms with Crippen LogP contribution in [0.25, 0.3) is 0 Å². The van der Waals surface area contributed by atoms with Crippen LogP contribution in [-0.4, -0.2) is 16.8 Å². The second-order valence-electron chi connectivity index (χ2n) is 2.98. The summed E-state index contributed by atoms with van der Waals surface area (Å²) < 4.78 is 0.752. The minimum absolute atomic E-state index is 0.157. The van der Waals surface area contributed by atoms with Gasteiger partial charge in [-0.3, -0.25) is 14.6 Å². The highest BCUT2D eigenvalue weighted by Crippen LogP contribution is 2.23. The molecule has 0 spiro atoms. The van der Waals surface area contributed by atoms with Crippen molar-refractivity contribution in [1.29, 1.82) is 0 Å². The first-order valence-corrected chi connectivity index (χ1v) is 4.94. The monoisotopic (exact) mass is 254 g/mol. The molecule has 72 valence electrons. The van der Waals surface area contributed by atoms with Gasteiger partial charge in [0.15, 0.2) is 0 Å². The number of carbonyl (C=O) groups is 2. The topological polar surface area (TPSA) is 50.3 Å². The van der Waals surface area contributed by atoms with Crippen LogP contribution in [0.15, 0.2) is 22.9 Å². The van der Waals surface area contributed by atoms with Gasteiger partial charge in [-0.05, 0) is 22.0 Å². The van der Waals surface area contributed by atoms with Crippen LogP contribution in [0.4, 0.5) is 5.69 Å². The average molecular weight is 255 g/mol. The molecular weight excluding hydrogens is 248 g/mol. The summed E-state index contributed by atoms with van der Waals surface area (Å²) in [6.45, 7) is 0. The zero-order valence-electron chi connectivity index (χ0n) is 7.24. The van der Waals surface area contributed by atoms with E-state index in [1.54, 1.807) is 12.3 Å². The Morgan fingerprint density at radius 2 is 1.86 bits per heavy atom. The summed E-state index contributed by atoms with van der Waals surface area (Å²) >= 11 is 3.24. The molecule has 0 aromatic carbocycles. The van der Waals surface area contributed by atoms with E-state index in [1.165, 1.54) is 11.1 Å². The molecule has 1 aliphatic heterocycles. The maximum atomic E-state index is 11.4. The SMILES string of the molecule is O=C1CCC(=O)N1c1cncc(Br)c1. The lowest BCUT2D eigenvalue weighted by atomic mass is 10.4. The number of nitrogens with zero attached hydrogens (tertiary/aromatic N) is 2. The van der Waals surface area contributed by atoms with Gasteiger partial charge >= 0.3 is 0 Å². The predicted octanol–water partition coefficient (Wildman–Crippen LogP) is 1.50. The van der Waals surface area contributed by atoms with E-state index in [1.807, 2.05) is 0 Å². The first-order chi connectivity index (χ1) is 6.68. The van der Waals surface area contributed by atoms with E-state index in [0.717, 1.165) is 4.47 Å². The van der Waals surface area contributed by atoms with Crippen molar-refractivity contribution < 1.29 is 9.59 Å². The van der Waals surface area contributed by atoms with Crippen LogP contribution in [0.1, 0.15) is 12.8 Å². The summed E-state index contributed by atoms with van der Waals surface area (Å²) in [6, 6.07) is 1.70. The van der Waals surface area contributed by atoms with E-state index >= 15 is 0 Å². The number of aromatic nitrogens is 1. The van der Waals surface area contributed by atoms with E-state index < -0.39 is 0 Å². The Morgan fingerprint density at radius 1 is 1.21 bits per heavy atom. The fraction of sp³-hybridized carbons (Fsp3) is 0.222. The molecule has 2 amide bonds. The summed E-state index contributed by atoms with van der Waals surface area (Å²) in [4.78, 5) is 27.8. The lowest BCUT2D eigenvalue weighted by molar-refractivity contribution is -0.121. The quantitative estimate of drug-likeness (QED) is 0.714. The predicted molar refractivity (Wildman–Crippen MR) is 53.7 cm³/mol. The molecule has 14 heavy (non-hydrogen) atoms. The molecule has 2 rings (SSSR count). The number of imide groups is 1. The lowest BCUT2D eigenvalue weighted by Crippen LogP contribution is -2.28. The van der Waals surface area contributed by atoms with E-state index in [0.29, 0.717) is 18.5 Å². The summed E-state index contributed by atoms with van der Waals surface area (Å²) in [5.41, 5.74) is 0.534. The molecule has 1 fully saturated rings. The minimum Gasteiger partial charge on any atom is -0.274 e. The minimum atomic E-state index is -0.157. The number of rotatable bonds is 1. The van der Waals surface area contributed by atoms with E-state index in [4.69, 9.17) is 0 Å². The number of hydrogen-bond donors (Lipinski definition) is 0. The van der Waals surface area contributed by atoms with Gasteiger partial charge in [-0.25, -0.2) is 4.90 Å². The van der Waals surface area contributed by atoms with Crippen LogP contribution in [0.2, 0.25) is 0 Å². The molecule has 1 aliphatic rings. The number of hydrogen-bond acceptors (Lipinski definition) is 3. The van der Waals surface area contributed by atoms with Crippen LogP contribution in [-0.2, 0) is 9.59 Å². The largest absolute Gasteiger partial charge is 0.274 e. The molecule has 0 atom stereocenters. The number of anilines is 1. The Hall–Kier alpha value is -1.23. The van der Waals surface area contributed by atoms with Crippen LogP contribution in [0.5, 0.6) is 0 Å². The standard InChI is InChI=1S/C9H7BrN2O2/c10-6-3-7(5-11-4-6)12-8(13)1-2-9(12)14/h3-5H,1-2H2. The van der Waals surface area contributed by atoms with Crippen molar-refractivity contribution in [2.24, 2.45) is 0 Å². The van der Waals surface area contributed by atoms with Gasteiger partial charge in [0, 0.05) is 23.5 Å². The van der Waals surface area contributed by atoms with Crippen molar-refractivity contribution in [2.45, 2.75) is 12.8 Å². The molecule has 0 saturated carbocycles. The maximum absolute atomic E-state index is 11.4. The number of halogens is 1. The van der Waals surface area contributed by atoms with E-state index in [-0.39, 0.29) is 11.8 Å². The number of carbonyl (C=O) groups excluding carboxylic acids is 2. The highest BCUT2D eigenvalue weighted by Gasteiger charge is 2.30. The molecule has 0 N–H and O–H groups in total. The Kier molecular flexibility index (Phi) is 2.33. The number of amides is 2. The normalized spacial score (nSPS) is 16.5. The van der Waals surface area contributed by atoms with Crippen molar-refractivity contribution in [1.82, 2.24) is 4.98 Å². The fourth-order valence-corrected chi connectivity index (χ4v) is 1.74. The van der Waals surface area contributed by atoms with Gasteiger partial charge in [0.1, 0.15) is 0 Å². The molecule has 1 saturated heterocycles. The molecule has 2 heterocycles. The molecule has 0 bridgehead atoms. The number of pyridine rings is 1. The second-order valence-corrected chi connectivity index (χ2v) is 3.90. The summed E-state index contributed by atoms with van der Waals surface area (Å²) in [5, 5.41) is 0. The molecule has 5 heteroatoms. The molecule has 0 unspecified atom stereocenters. The Bertz CT molecular complexity index is 390. The van der Waals surface area contributed by atoms with E-state index in [2.05, 4.69) is 20.9 Å². The van der Waals surface area contributed by atoms with Gasteiger partial charge in [0.25, 0.3) is 0 Å². The summed E-state index contributed by atoms with van der Waals surface area (Å²) in [5.74, 6) is -0.315. The average Bonchev–Trinajstić information content (AvgIpc) is 2.46. The molecule has 1 aromatic heterocycles. The van der Waals surface area contributed by atoms with Gasteiger partial charge < -0.3 is 0 Å². The van der Waals surface area contributed by atoms with Crippen LogP contribution >= 0.6 is 15.9 Å². The molecule has 0 aliphatic carbocycles. The molecular formula is C9H7BrN2O2. The van der Waals surface area contributed by atoms with Crippen molar-refractivity contribution in [2.75, 3.05) is 4.90 Å². The smallest absolute Gasteiger partial charge is 0.234 e. The van der Waals surface area contributed by atoms with Crippen molar-refractivity contribution in [3.8, 4) is 0 Å². The highest BCUT2D eigenvalue weighted by molar-refractivity contribution is 9.10. The zero-order chi connectivity index (χ0) is 10.1. The molecule has 0 radical (unpaired) electrons. The Morgan fingerprint density at radius 3 is 2.43 bits per heavy atom. The van der Waals surface area contributed by atoms with Gasteiger partial charge in [-0.2, -0.15) is 0 Å². The Balaban J connectivity index is 2.39. The van der Waals surface area contributed by atoms with Crippen LogP contribution in [0, 0.1) is 0 Å². The van der Waals surface area contributed by atoms with Gasteiger partial charge in [0.05, 0.1) is 11.9 Å². The third-order valence-electron chi connectivity index (χ3n) is 2.00. The van der Waals surface area contributed by atoms with Gasteiger partial charge in [-0.1, -0.05) is 0 Å². The zero-order valence-corrected chi connectivity index (χ0v) is 8.82. The molecule has 4 nitrogen and oxygen atoms in total. The first kappa shape index (κ1) is 9.33. The maximum Gasteiger partial charge on any atom is 0.234 e. The second kappa shape index (κ2) is 3.49. The lowest BCUT2D eigenvalue weighted by Gasteiger charge is -2.12. The van der Waals surface area contributed by atoms with Gasteiger partial charge in [0.2, 0.25) is 11.8 Å². The van der Waals surface area contributed by atoms with Crippen molar-refractivity contribution >= 4 is 33.4 Å². The van der Waals surface area contributed by atoms with Crippen molar-refractivity contribution in [3.05, 3.63) is 22.9 Å². The first-order valence-electron chi connectivity index (χ1n) is 4.15.